The molecular formula is C20H24N6O3. The van der Waals surface area contributed by atoms with E-state index in [0.29, 0.717) is 42.6 Å². The number of fused-ring (bicyclic) bond motifs is 1. The minimum atomic E-state index is -0.156. The monoisotopic (exact) mass is 396 g/mol. The van der Waals surface area contributed by atoms with Gasteiger partial charge < -0.3 is 14.9 Å². The molecule has 1 aromatic carbocycles. The first-order valence-electron chi connectivity index (χ1n) is 9.65. The molecule has 0 saturated carbocycles. The number of anilines is 1. The normalized spacial score (nSPS) is 14.6. The van der Waals surface area contributed by atoms with Crippen molar-refractivity contribution in [2.45, 2.75) is 20.4 Å². The second-order valence-corrected chi connectivity index (χ2v) is 7.26. The largest absolute Gasteiger partial charge is 0.395 e. The van der Waals surface area contributed by atoms with Crippen LogP contribution in [0.1, 0.15) is 21.7 Å². The lowest BCUT2D eigenvalue weighted by Crippen LogP contribution is -2.49. The lowest BCUT2D eigenvalue weighted by molar-refractivity contribution is 0.0745. The molecule has 29 heavy (non-hydrogen) atoms. The van der Waals surface area contributed by atoms with Gasteiger partial charge in [-0.1, -0.05) is 0 Å². The van der Waals surface area contributed by atoms with Crippen LogP contribution in [0, 0.1) is 13.8 Å². The van der Waals surface area contributed by atoms with Crippen LogP contribution < -0.4 is 10.5 Å². The Hall–Kier alpha value is -3.20. The Labute approximate surface area is 167 Å². The maximum Gasteiger partial charge on any atom is 0.261 e. The van der Waals surface area contributed by atoms with Gasteiger partial charge in [-0.05, 0) is 32.0 Å². The summed E-state index contributed by atoms with van der Waals surface area (Å²) >= 11 is 0. The van der Waals surface area contributed by atoms with Gasteiger partial charge in [-0.3, -0.25) is 19.3 Å². The lowest BCUT2D eigenvalue weighted by Gasteiger charge is -2.36. The van der Waals surface area contributed by atoms with E-state index < -0.39 is 0 Å². The number of aromatic nitrogens is 4. The molecule has 4 rings (SSSR count). The first kappa shape index (κ1) is 19.1. The number of nitrogens with one attached hydrogen (secondary N) is 1. The van der Waals surface area contributed by atoms with Crippen LogP contribution in [0.25, 0.3) is 10.9 Å². The smallest absolute Gasteiger partial charge is 0.261 e. The number of carbonyl (C=O) groups is 1. The van der Waals surface area contributed by atoms with E-state index in [-0.39, 0.29) is 24.6 Å². The van der Waals surface area contributed by atoms with E-state index in [1.807, 2.05) is 30.9 Å². The van der Waals surface area contributed by atoms with Gasteiger partial charge in [0.1, 0.15) is 0 Å². The van der Waals surface area contributed by atoms with Crippen LogP contribution in [0.3, 0.4) is 0 Å². The van der Waals surface area contributed by atoms with Gasteiger partial charge in [0.05, 0.1) is 41.6 Å². The molecule has 9 nitrogen and oxygen atoms in total. The van der Waals surface area contributed by atoms with Gasteiger partial charge in [0.25, 0.3) is 11.5 Å². The van der Waals surface area contributed by atoms with E-state index in [0.717, 1.165) is 17.1 Å². The molecule has 1 aliphatic rings. The molecule has 1 fully saturated rings. The van der Waals surface area contributed by atoms with Gasteiger partial charge in [-0.15, -0.1) is 0 Å². The molecule has 0 spiro atoms. The van der Waals surface area contributed by atoms with Gasteiger partial charge in [0, 0.05) is 37.6 Å². The minimum absolute atomic E-state index is 0.0120. The number of aromatic amines is 1. The quantitative estimate of drug-likeness (QED) is 0.672. The fourth-order valence-corrected chi connectivity index (χ4v) is 3.80. The molecule has 0 radical (unpaired) electrons. The third kappa shape index (κ3) is 3.49. The van der Waals surface area contributed by atoms with Crippen molar-refractivity contribution in [2.24, 2.45) is 0 Å². The molecule has 0 bridgehead atoms. The van der Waals surface area contributed by atoms with Gasteiger partial charge in [0.2, 0.25) is 0 Å². The number of benzene rings is 1. The van der Waals surface area contributed by atoms with Crippen LogP contribution in [0.5, 0.6) is 0 Å². The standard InChI is InChI=1S/C20H24N6O3/c1-13-18(14(2)23-22-13)20(29)25-7-5-24(6-8-25)15-3-4-16-17(11-15)21-12-26(9-10-27)19(16)28/h3-4,11-12,27H,5-10H2,1-2H3,(H,22,23). The van der Waals surface area contributed by atoms with E-state index in [9.17, 15) is 9.59 Å². The zero-order valence-electron chi connectivity index (χ0n) is 16.6. The van der Waals surface area contributed by atoms with Crippen molar-refractivity contribution in [3.63, 3.8) is 0 Å². The molecule has 0 unspecified atom stereocenters. The van der Waals surface area contributed by atoms with Crippen molar-refractivity contribution in [2.75, 3.05) is 37.7 Å². The average molecular weight is 396 g/mol. The van der Waals surface area contributed by atoms with E-state index >= 15 is 0 Å². The Morgan fingerprint density at radius 3 is 2.62 bits per heavy atom. The highest BCUT2D eigenvalue weighted by Crippen LogP contribution is 2.21. The topological polar surface area (TPSA) is 107 Å². The number of H-pyrrole nitrogens is 1. The number of nitrogens with zero attached hydrogens (tertiary/aromatic N) is 5. The summed E-state index contributed by atoms with van der Waals surface area (Å²) in [5, 5.41) is 16.6. The van der Waals surface area contributed by atoms with Gasteiger partial charge in [0.15, 0.2) is 0 Å². The first-order chi connectivity index (χ1) is 14.0. The fourth-order valence-electron chi connectivity index (χ4n) is 3.80. The van der Waals surface area contributed by atoms with Crippen LogP contribution >= 0.6 is 0 Å². The number of rotatable bonds is 4. The molecule has 1 saturated heterocycles. The predicted octanol–water partition coefficient (Wildman–Crippen LogP) is 0.691. The summed E-state index contributed by atoms with van der Waals surface area (Å²) in [5.74, 6) is 0.0120. The molecule has 3 heterocycles. The molecular weight excluding hydrogens is 372 g/mol. The van der Waals surface area contributed by atoms with Crippen molar-refractivity contribution in [1.82, 2.24) is 24.6 Å². The summed E-state index contributed by atoms with van der Waals surface area (Å²) in [6.45, 7) is 6.47. The van der Waals surface area contributed by atoms with Gasteiger partial charge in [-0.2, -0.15) is 5.10 Å². The number of aliphatic hydroxyl groups excluding tert-OH is 1. The second-order valence-electron chi connectivity index (χ2n) is 7.26. The van der Waals surface area contributed by atoms with Crippen molar-refractivity contribution >= 4 is 22.5 Å². The Kier molecular flexibility index (Phi) is 5.06. The summed E-state index contributed by atoms with van der Waals surface area (Å²) in [5.41, 5.74) is 3.63. The Balaban J connectivity index is 1.50. The molecule has 0 atom stereocenters. The van der Waals surface area contributed by atoms with Gasteiger partial charge in [-0.25, -0.2) is 4.98 Å². The molecule has 152 valence electrons. The average Bonchev–Trinajstić information content (AvgIpc) is 3.07. The number of amides is 1. The highest BCUT2D eigenvalue weighted by molar-refractivity contribution is 5.96. The molecule has 3 aromatic rings. The third-order valence-corrected chi connectivity index (χ3v) is 5.42. The first-order valence-corrected chi connectivity index (χ1v) is 9.65. The lowest BCUT2D eigenvalue weighted by atomic mass is 10.1. The Bertz CT molecular complexity index is 1090. The van der Waals surface area contributed by atoms with Crippen molar-refractivity contribution in [3.05, 3.63) is 51.8 Å². The Morgan fingerprint density at radius 1 is 1.21 bits per heavy atom. The van der Waals surface area contributed by atoms with Gasteiger partial charge >= 0.3 is 0 Å². The Morgan fingerprint density at radius 2 is 1.97 bits per heavy atom. The zero-order valence-corrected chi connectivity index (χ0v) is 16.6. The van der Waals surface area contributed by atoms with Crippen LogP contribution in [0.15, 0.2) is 29.3 Å². The highest BCUT2D eigenvalue weighted by atomic mass is 16.3. The fraction of sp³-hybridized carbons (Fsp3) is 0.400. The molecule has 2 N–H and O–H groups in total. The summed E-state index contributed by atoms with van der Waals surface area (Å²) in [4.78, 5) is 33.7. The summed E-state index contributed by atoms with van der Waals surface area (Å²) < 4.78 is 1.41. The number of hydrogen-bond donors (Lipinski definition) is 2. The maximum absolute atomic E-state index is 12.8. The summed E-state index contributed by atoms with van der Waals surface area (Å²) in [7, 11) is 0. The van der Waals surface area contributed by atoms with Crippen molar-refractivity contribution in [1.29, 1.82) is 0 Å². The van der Waals surface area contributed by atoms with Crippen LogP contribution in [0.2, 0.25) is 0 Å². The molecule has 9 heteroatoms. The van der Waals surface area contributed by atoms with E-state index in [1.165, 1.54) is 10.9 Å². The number of hydrogen-bond acceptors (Lipinski definition) is 6. The van der Waals surface area contributed by atoms with Crippen LogP contribution in [0.4, 0.5) is 5.69 Å². The molecule has 1 aliphatic heterocycles. The number of piperazine rings is 1. The maximum atomic E-state index is 12.8. The van der Waals surface area contributed by atoms with Crippen LogP contribution in [-0.4, -0.2) is 68.4 Å². The highest BCUT2D eigenvalue weighted by Gasteiger charge is 2.26. The number of carbonyl (C=O) groups excluding carboxylic acids is 1. The SMILES string of the molecule is Cc1n[nH]c(C)c1C(=O)N1CCN(c2ccc3c(=O)n(CCO)cnc3c2)CC1. The van der Waals surface area contributed by atoms with E-state index in [2.05, 4.69) is 20.1 Å². The summed E-state index contributed by atoms with van der Waals surface area (Å²) in [6, 6.07) is 5.60. The minimum Gasteiger partial charge on any atom is -0.395 e. The number of aliphatic hydroxyl groups is 1. The van der Waals surface area contributed by atoms with Crippen LogP contribution in [-0.2, 0) is 6.54 Å². The van der Waals surface area contributed by atoms with Crippen molar-refractivity contribution < 1.29 is 9.90 Å². The van der Waals surface area contributed by atoms with E-state index in [4.69, 9.17) is 5.11 Å². The van der Waals surface area contributed by atoms with E-state index in [1.54, 1.807) is 6.07 Å². The molecule has 1 amide bonds. The van der Waals surface area contributed by atoms with Crippen molar-refractivity contribution in [3.8, 4) is 0 Å². The molecule has 2 aromatic heterocycles. The summed E-state index contributed by atoms with van der Waals surface area (Å²) in [6.07, 6.45) is 1.47. The third-order valence-electron chi connectivity index (χ3n) is 5.42. The second kappa shape index (κ2) is 7.67. The zero-order chi connectivity index (χ0) is 20.5. The predicted molar refractivity (Wildman–Crippen MR) is 109 cm³/mol. The number of aryl methyl sites for hydroxylation is 2. The molecule has 0 aliphatic carbocycles.